The Balaban J connectivity index is 1.54. The fourth-order valence-corrected chi connectivity index (χ4v) is 2.73. The molecule has 1 aliphatic rings. The van der Waals surface area contributed by atoms with Gasteiger partial charge in [-0.05, 0) is 48.6 Å². The quantitative estimate of drug-likeness (QED) is 0.287. The summed E-state index contributed by atoms with van der Waals surface area (Å²) in [6, 6.07) is 14.6. The van der Waals surface area contributed by atoms with E-state index in [1.807, 2.05) is 0 Å². The van der Waals surface area contributed by atoms with Crippen LogP contribution >= 0.6 is 0 Å². The summed E-state index contributed by atoms with van der Waals surface area (Å²) < 4.78 is 16.1. The van der Waals surface area contributed by atoms with Gasteiger partial charge < -0.3 is 13.9 Å². The predicted octanol–water partition coefficient (Wildman–Crippen LogP) is 4.48. The normalized spacial score (nSPS) is 12.4. The van der Waals surface area contributed by atoms with Crippen molar-refractivity contribution in [1.82, 2.24) is 0 Å². The second-order valence-electron chi connectivity index (χ2n) is 5.74. The second-order valence-corrected chi connectivity index (χ2v) is 5.74. The zero-order valence-electron chi connectivity index (χ0n) is 14.0. The van der Waals surface area contributed by atoms with Crippen molar-refractivity contribution in [2.45, 2.75) is 0 Å². The molecule has 2 heterocycles. The highest BCUT2D eigenvalue weighted by Gasteiger charge is 2.17. The lowest BCUT2D eigenvalue weighted by Crippen LogP contribution is -1.94. The minimum atomic E-state index is -0.462. The molecule has 1 aliphatic heterocycles. The van der Waals surface area contributed by atoms with Crippen molar-refractivity contribution < 1.29 is 23.6 Å². The van der Waals surface area contributed by atoms with Crippen LogP contribution in [0, 0.1) is 10.1 Å². The molecule has 0 atom stereocenters. The van der Waals surface area contributed by atoms with Gasteiger partial charge in [0, 0.05) is 11.6 Å². The summed E-state index contributed by atoms with van der Waals surface area (Å²) in [5, 5.41) is 11.1. The van der Waals surface area contributed by atoms with E-state index in [1.54, 1.807) is 48.5 Å². The number of carbonyl (C=O) groups is 1. The number of ether oxygens (including phenoxy) is 2. The first kappa shape index (κ1) is 16.6. The van der Waals surface area contributed by atoms with E-state index >= 15 is 0 Å². The number of hydrogen-bond donors (Lipinski definition) is 0. The van der Waals surface area contributed by atoms with Crippen LogP contribution in [0.25, 0.3) is 17.4 Å². The molecule has 7 heteroatoms. The van der Waals surface area contributed by atoms with Crippen molar-refractivity contribution in [3.8, 4) is 22.8 Å². The fourth-order valence-electron chi connectivity index (χ4n) is 2.73. The van der Waals surface area contributed by atoms with Crippen molar-refractivity contribution in [3.05, 3.63) is 82.1 Å². The van der Waals surface area contributed by atoms with Gasteiger partial charge in [-0.2, -0.15) is 0 Å². The van der Waals surface area contributed by atoms with Crippen molar-refractivity contribution in [1.29, 1.82) is 0 Å². The van der Waals surface area contributed by atoms with Crippen LogP contribution in [0.15, 0.2) is 65.1 Å². The number of nitro benzene ring substituents is 1. The van der Waals surface area contributed by atoms with Crippen LogP contribution in [-0.2, 0) is 0 Å². The highest BCUT2D eigenvalue weighted by Crippen LogP contribution is 2.33. The number of fused-ring (bicyclic) bond motifs is 1. The Kier molecular flexibility index (Phi) is 4.18. The van der Waals surface area contributed by atoms with Gasteiger partial charge in [0.1, 0.15) is 11.5 Å². The number of allylic oxidation sites excluding steroid dienone is 1. The van der Waals surface area contributed by atoms with E-state index in [0.717, 1.165) is 0 Å². The van der Waals surface area contributed by atoms with E-state index in [1.165, 1.54) is 18.2 Å². The van der Waals surface area contributed by atoms with Crippen LogP contribution in [0.4, 0.5) is 5.69 Å². The molecule has 0 N–H and O–H groups in total. The lowest BCUT2D eigenvalue weighted by molar-refractivity contribution is -0.384. The number of benzene rings is 2. The number of carbonyl (C=O) groups excluding carboxylic acids is 1. The summed E-state index contributed by atoms with van der Waals surface area (Å²) in [4.78, 5) is 23.0. The van der Waals surface area contributed by atoms with Gasteiger partial charge in [0.05, 0.1) is 10.5 Å². The molecule has 0 bridgehead atoms. The standard InChI is InChI=1S/C20H13NO6/c22-17(13-5-9-19-20(11-13)26-12-25-19)8-6-14-7-10-18(27-14)15-3-1-2-4-16(15)21(23)24/h1-11H,12H2/b8-6+. The minimum absolute atomic E-state index is 0.0428. The van der Waals surface area contributed by atoms with Crippen molar-refractivity contribution in [2.24, 2.45) is 0 Å². The van der Waals surface area contributed by atoms with Crippen LogP contribution in [-0.4, -0.2) is 17.5 Å². The molecule has 0 saturated carbocycles. The highest BCUT2D eigenvalue weighted by atomic mass is 16.7. The molecule has 0 radical (unpaired) electrons. The first-order valence-electron chi connectivity index (χ1n) is 8.07. The van der Waals surface area contributed by atoms with Gasteiger partial charge in [0.2, 0.25) is 6.79 Å². The summed E-state index contributed by atoms with van der Waals surface area (Å²) in [6.45, 7) is 0.142. The van der Waals surface area contributed by atoms with Crippen LogP contribution in [0.2, 0.25) is 0 Å². The van der Waals surface area contributed by atoms with Gasteiger partial charge in [-0.25, -0.2) is 0 Å². The maximum Gasteiger partial charge on any atom is 0.280 e. The molecule has 134 valence electrons. The molecule has 3 aromatic rings. The fraction of sp³-hybridized carbons (Fsp3) is 0.0500. The summed E-state index contributed by atoms with van der Waals surface area (Å²) >= 11 is 0. The average molecular weight is 363 g/mol. The number of nitro groups is 1. The van der Waals surface area contributed by atoms with Gasteiger partial charge in [-0.15, -0.1) is 0 Å². The number of furan rings is 1. The molecule has 0 aliphatic carbocycles. The van der Waals surface area contributed by atoms with E-state index in [4.69, 9.17) is 13.9 Å². The Morgan fingerprint density at radius 1 is 1.04 bits per heavy atom. The van der Waals surface area contributed by atoms with Gasteiger partial charge in [-0.3, -0.25) is 14.9 Å². The Labute approximate surface area is 153 Å². The van der Waals surface area contributed by atoms with Crippen LogP contribution < -0.4 is 9.47 Å². The monoisotopic (exact) mass is 363 g/mol. The van der Waals surface area contributed by atoms with Crippen LogP contribution in [0.5, 0.6) is 11.5 Å². The molecule has 4 rings (SSSR count). The number of ketones is 1. The SMILES string of the molecule is O=C(/C=C/c1ccc(-c2ccccc2[N+](=O)[O-])o1)c1ccc2c(c1)OCO2. The first-order valence-corrected chi connectivity index (χ1v) is 8.07. The zero-order chi connectivity index (χ0) is 18.8. The first-order chi connectivity index (χ1) is 13.1. The van der Waals surface area contributed by atoms with E-state index < -0.39 is 4.92 Å². The van der Waals surface area contributed by atoms with E-state index in [-0.39, 0.29) is 18.3 Å². The third kappa shape index (κ3) is 3.30. The van der Waals surface area contributed by atoms with Gasteiger partial charge >= 0.3 is 0 Å². The highest BCUT2D eigenvalue weighted by molar-refractivity contribution is 6.07. The van der Waals surface area contributed by atoms with E-state index in [0.29, 0.717) is 34.1 Å². The van der Waals surface area contributed by atoms with E-state index in [2.05, 4.69) is 0 Å². The molecular weight excluding hydrogens is 350 g/mol. The second kappa shape index (κ2) is 6.80. The van der Waals surface area contributed by atoms with Crippen LogP contribution in [0.3, 0.4) is 0 Å². The Hall–Kier alpha value is -3.87. The average Bonchev–Trinajstić information content (AvgIpc) is 3.34. The third-order valence-electron chi connectivity index (χ3n) is 4.05. The molecular formula is C20H13NO6. The number of para-hydroxylation sites is 1. The van der Waals surface area contributed by atoms with Crippen molar-refractivity contribution in [2.75, 3.05) is 6.79 Å². The minimum Gasteiger partial charge on any atom is -0.456 e. The molecule has 2 aromatic carbocycles. The topological polar surface area (TPSA) is 91.8 Å². The largest absolute Gasteiger partial charge is 0.456 e. The van der Waals surface area contributed by atoms with E-state index in [9.17, 15) is 14.9 Å². The maximum atomic E-state index is 12.3. The summed E-state index contributed by atoms with van der Waals surface area (Å²) in [5.74, 6) is 1.69. The molecule has 0 fully saturated rings. The smallest absolute Gasteiger partial charge is 0.280 e. The maximum absolute atomic E-state index is 12.3. The lowest BCUT2D eigenvalue weighted by atomic mass is 10.1. The Bertz CT molecular complexity index is 1070. The predicted molar refractivity (Wildman–Crippen MR) is 96.7 cm³/mol. The third-order valence-corrected chi connectivity index (χ3v) is 4.05. The summed E-state index contributed by atoms with van der Waals surface area (Å²) in [7, 11) is 0. The summed E-state index contributed by atoms with van der Waals surface area (Å²) in [5.41, 5.74) is 0.795. The molecule has 0 spiro atoms. The number of nitrogens with zero attached hydrogens (tertiary/aromatic N) is 1. The number of rotatable bonds is 5. The molecule has 27 heavy (non-hydrogen) atoms. The van der Waals surface area contributed by atoms with Crippen LogP contribution in [0.1, 0.15) is 16.1 Å². The van der Waals surface area contributed by atoms with Crippen molar-refractivity contribution >= 4 is 17.5 Å². The van der Waals surface area contributed by atoms with Crippen molar-refractivity contribution in [3.63, 3.8) is 0 Å². The zero-order valence-corrected chi connectivity index (χ0v) is 14.0. The van der Waals surface area contributed by atoms with Gasteiger partial charge in [-0.1, -0.05) is 12.1 Å². The lowest BCUT2D eigenvalue weighted by Gasteiger charge is -1.99. The molecule has 1 aromatic heterocycles. The molecule has 0 amide bonds. The number of hydrogen-bond acceptors (Lipinski definition) is 6. The van der Waals surface area contributed by atoms with Gasteiger partial charge in [0.15, 0.2) is 17.3 Å². The Morgan fingerprint density at radius 3 is 2.70 bits per heavy atom. The van der Waals surface area contributed by atoms with Gasteiger partial charge in [0.25, 0.3) is 5.69 Å². The summed E-state index contributed by atoms with van der Waals surface area (Å²) in [6.07, 6.45) is 2.89. The Morgan fingerprint density at radius 2 is 1.85 bits per heavy atom. The molecule has 7 nitrogen and oxygen atoms in total. The molecule has 0 unspecified atom stereocenters. The molecule has 0 saturated heterocycles.